The van der Waals surface area contributed by atoms with Crippen LogP contribution in [0.1, 0.15) is 13.3 Å². The predicted octanol–water partition coefficient (Wildman–Crippen LogP) is 0.171. The topological polar surface area (TPSA) is 38.7 Å². The molecule has 1 aliphatic rings. The van der Waals surface area contributed by atoms with E-state index in [0.717, 1.165) is 6.42 Å². The molecule has 0 amide bonds. The molecule has 3 atom stereocenters. The molecule has 3 unspecified atom stereocenters. The molecule has 0 aliphatic carbocycles. The third-order valence-electron chi connectivity index (χ3n) is 1.74. The molecule has 0 bridgehead atoms. The summed E-state index contributed by atoms with van der Waals surface area (Å²) in [4.78, 5) is 0. The lowest BCUT2D eigenvalue weighted by molar-refractivity contribution is -0.0288. The van der Waals surface area contributed by atoms with Crippen molar-refractivity contribution in [3.8, 4) is 0 Å². The fourth-order valence-corrected chi connectivity index (χ4v) is 1.25. The Morgan fingerprint density at radius 2 is 2.40 bits per heavy atom. The van der Waals surface area contributed by atoms with Crippen LogP contribution in [-0.2, 0) is 9.47 Å². The normalized spacial score (nSPS) is 40.5. The van der Waals surface area contributed by atoms with Crippen molar-refractivity contribution < 1.29 is 14.6 Å². The average Bonchev–Trinajstić information content (AvgIpc) is 2.13. The molecule has 0 saturated carbocycles. The van der Waals surface area contributed by atoms with E-state index in [0.29, 0.717) is 6.61 Å². The Balaban J connectivity index is 2.31. The highest BCUT2D eigenvalue weighted by atomic mass is 16.5. The van der Waals surface area contributed by atoms with Gasteiger partial charge in [-0.15, -0.1) is 0 Å². The van der Waals surface area contributed by atoms with Gasteiger partial charge in [0.05, 0.1) is 18.8 Å². The molecule has 0 radical (unpaired) electrons. The summed E-state index contributed by atoms with van der Waals surface area (Å²) in [5.74, 6) is 0. The van der Waals surface area contributed by atoms with Gasteiger partial charge in [0.1, 0.15) is 6.10 Å². The van der Waals surface area contributed by atoms with Gasteiger partial charge in [0.2, 0.25) is 0 Å². The number of methoxy groups -OCH3 is 1. The minimum Gasteiger partial charge on any atom is -0.390 e. The van der Waals surface area contributed by atoms with Gasteiger partial charge in [-0.1, -0.05) is 0 Å². The molecule has 3 heteroatoms. The van der Waals surface area contributed by atoms with Crippen LogP contribution in [0.2, 0.25) is 0 Å². The van der Waals surface area contributed by atoms with Crippen LogP contribution in [0.4, 0.5) is 0 Å². The molecule has 1 aliphatic heterocycles. The fourth-order valence-electron chi connectivity index (χ4n) is 1.25. The maximum Gasteiger partial charge on any atom is 0.107 e. The van der Waals surface area contributed by atoms with Gasteiger partial charge in [0.15, 0.2) is 0 Å². The molecular formula is C7H14O3. The molecule has 1 saturated heterocycles. The second kappa shape index (κ2) is 3.32. The molecule has 0 aromatic heterocycles. The predicted molar refractivity (Wildman–Crippen MR) is 36.8 cm³/mol. The van der Waals surface area contributed by atoms with Gasteiger partial charge in [-0.3, -0.25) is 0 Å². The largest absolute Gasteiger partial charge is 0.390 e. The number of aliphatic hydroxyl groups excluding tert-OH is 1. The Labute approximate surface area is 60.9 Å². The highest BCUT2D eigenvalue weighted by Crippen LogP contribution is 2.19. The summed E-state index contributed by atoms with van der Waals surface area (Å²) in [6, 6.07) is 0. The van der Waals surface area contributed by atoms with E-state index in [2.05, 4.69) is 0 Å². The minimum absolute atomic E-state index is 0.111. The first-order valence-electron chi connectivity index (χ1n) is 3.56. The first-order valence-corrected chi connectivity index (χ1v) is 3.56. The van der Waals surface area contributed by atoms with Crippen molar-refractivity contribution in [2.24, 2.45) is 0 Å². The Hall–Kier alpha value is -0.120. The fraction of sp³-hybridized carbons (Fsp3) is 1.00. The van der Waals surface area contributed by atoms with Crippen molar-refractivity contribution >= 4 is 0 Å². The highest BCUT2D eigenvalue weighted by molar-refractivity contribution is 4.79. The molecule has 0 aromatic carbocycles. The molecule has 0 spiro atoms. The Morgan fingerprint density at radius 3 is 2.80 bits per heavy atom. The molecule has 3 nitrogen and oxygen atoms in total. The molecule has 0 aromatic rings. The standard InChI is InChI=1S/C7H14O3/c1-5-3-6(8)7(10-5)4-9-2/h5-8H,3-4H2,1-2H3. The van der Waals surface area contributed by atoms with E-state index in [-0.39, 0.29) is 18.3 Å². The Bertz CT molecular complexity index is 105. The molecule has 1 N–H and O–H groups in total. The summed E-state index contributed by atoms with van der Waals surface area (Å²) in [5, 5.41) is 9.29. The number of hydrogen-bond donors (Lipinski definition) is 1. The Kier molecular flexibility index (Phi) is 2.65. The van der Waals surface area contributed by atoms with Crippen LogP contribution >= 0.6 is 0 Å². The zero-order valence-electron chi connectivity index (χ0n) is 6.41. The Morgan fingerprint density at radius 1 is 1.70 bits per heavy atom. The second-order valence-electron chi connectivity index (χ2n) is 2.74. The summed E-state index contributed by atoms with van der Waals surface area (Å²) in [6.45, 7) is 2.45. The van der Waals surface area contributed by atoms with Crippen molar-refractivity contribution in [1.82, 2.24) is 0 Å². The van der Waals surface area contributed by atoms with Crippen LogP contribution in [-0.4, -0.2) is 37.1 Å². The average molecular weight is 146 g/mol. The van der Waals surface area contributed by atoms with E-state index in [4.69, 9.17) is 9.47 Å². The van der Waals surface area contributed by atoms with Gasteiger partial charge in [0, 0.05) is 13.5 Å². The van der Waals surface area contributed by atoms with Crippen molar-refractivity contribution in [3.63, 3.8) is 0 Å². The SMILES string of the molecule is COCC1OC(C)CC1O. The monoisotopic (exact) mass is 146 g/mol. The summed E-state index contributed by atoms with van der Waals surface area (Å²) >= 11 is 0. The van der Waals surface area contributed by atoms with Crippen molar-refractivity contribution in [2.45, 2.75) is 31.7 Å². The quantitative estimate of drug-likeness (QED) is 0.603. The summed E-state index contributed by atoms with van der Waals surface area (Å²) < 4.78 is 10.2. The second-order valence-corrected chi connectivity index (χ2v) is 2.74. The first-order chi connectivity index (χ1) is 4.74. The van der Waals surface area contributed by atoms with Gasteiger partial charge in [-0.05, 0) is 6.92 Å². The van der Waals surface area contributed by atoms with Gasteiger partial charge >= 0.3 is 0 Å². The van der Waals surface area contributed by atoms with E-state index < -0.39 is 0 Å². The van der Waals surface area contributed by atoms with E-state index in [1.807, 2.05) is 6.92 Å². The molecular weight excluding hydrogens is 132 g/mol. The van der Waals surface area contributed by atoms with Gasteiger partial charge < -0.3 is 14.6 Å². The first kappa shape index (κ1) is 7.98. The third kappa shape index (κ3) is 1.68. The molecule has 60 valence electrons. The van der Waals surface area contributed by atoms with Crippen molar-refractivity contribution in [1.29, 1.82) is 0 Å². The van der Waals surface area contributed by atoms with Crippen LogP contribution in [0.15, 0.2) is 0 Å². The minimum atomic E-state index is -0.338. The summed E-state index contributed by atoms with van der Waals surface area (Å²) in [7, 11) is 1.61. The van der Waals surface area contributed by atoms with Crippen LogP contribution < -0.4 is 0 Å². The number of rotatable bonds is 2. The van der Waals surface area contributed by atoms with Gasteiger partial charge in [0.25, 0.3) is 0 Å². The molecule has 1 rings (SSSR count). The molecule has 1 fully saturated rings. The summed E-state index contributed by atoms with van der Waals surface area (Å²) in [6.07, 6.45) is 0.457. The van der Waals surface area contributed by atoms with Crippen LogP contribution in [0, 0.1) is 0 Å². The van der Waals surface area contributed by atoms with Crippen molar-refractivity contribution in [3.05, 3.63) is 0 Å². The lowest BCUT2D eigenvalue weighted by atomic mass is 10.1. The lowest BCUT2D eigenvalue weighted by Crippen LogP contribution is -2.25. The van der Waals surface area contributed by atoms with Crippen LogP contribution in [0.5, 0.6) is 0 Å². The molecule has 1 heterocycles. The maximum atomic E-state index is 9.29. The zero-order chi connectivity index (χ0) is 7.56. The van der Waals surface area contributed by atoms with Crippen molar-refractivity contribution in [2.75, 3.05) is 13.7 Å². The van der Waals surface area contributed by atoms with Gasteiger partial charge in [-0.2, -0.15) is 0 Å². The van der Waals surface area contributed by atoms with Crippen LogP contribution in [0.3, 0.4) is 0 Å². The smallest absolute Gasteiger partial charge is 0.107 e. The van der Waals surface area contributed by atoms with E-state index in [1.54, 1.807) is 7.11 Å². The number of aliphatic hydroxyl groups is 1. The number of ether oxygens (including phenoxy) is 2. The maximum absolute atomic E-state index is 9.29. The third-order valence-corrected chi connectivity index (χ3v) is 1.74. The van der Waals surface area contributed by atoms with Gasteiger partial charge in [-0.25, -0.2) is 0 Å². The lowest BCUT2D eigenvalue weighted by Gasteiger charge is -2.11. The summed E-state index contributed by atoms with van der Waals surface area (Å²) in [5.41, 5.74) is 0. The van der Waals surface area contributed by atoms with E-state index in [9.17, 15) is 5.11 Å². The zero-order valence-corrected chi connectivity index (χ0v) is 6.41. The van der Waals surface area contributed by atoms with E-state index >= 15 is 0 Å². The number of hydrogen-bond acceptors (Lipinski definition) is 3. The highest BCUT2D eigenvalue weighted by Gasteiger charge is 2.30. The molecule has 10 heavy (non-hydrogen) atoms. The van der Waals surface area contributed by atoms with E-state index in [1.165, 1.54) is 0 Å². The van der Waals surface area contributed by atoms with Crippen LogP contribution in [0.25, 0.3) is 0 Å².